The van der Waals surface area contributed by atoms with Gasteiger partial charge in [0.2, 0.25) is 5.88 Å². The fraction of sp³-hybridized carbons (Fsp3) is 0.150. The predicted molar refractivity (Wildman–Crippen MR) is 107 cm³/mol. The van der Waals surface area contributed by atoms with Crippen molar-refractivity contribution in [3.05, 3.63) is 68.0 Å². The molecule has 136 valence electrons. The molecule has 0 unspecified atom stereocenters. The molecule has 1 aromatic heterocycles. The number of hydrogen-bond acceptors (Lipinski definition) is 5. The van der Waals surface area contributed by atoms with E-state index in [1.54, 1.807) is 0 Å². The van der Waals surface area contributed by atoms with Crippen LogP contribution in [0.15, 0.2) is 41.4 Å². The van der Waals surface area contributed by atoms with Gasteiger partial charge in [-0.1, -0.05) is 42.0 Å². The first kappa shape index (κ1) is 17.7. The van der Waals surface area contributed by atoms with E-state index in [0.29, 0.717) is 26.0 Å². The molecule has 0 saturated carbocycles. The molecule has 5 nitrogen and oxygen atoms in total. The second kappa shape index (κ2) is 6.79. The van der Waals surface area contributed by atoms with E-state index in [1.165, 1.54) is 11.3 Å². The van der Waals surface area contributed by atoms with Crippen molar-refractivity contribution >= 4 is 45.2 Å². The number of carbonyl (C=O) groups is 1. The van der Waals surface area contributed by atoms with Crippen LogP contribution in [-0.4, -0.2) is 16.0 Å². The lowest BCUT2D eigenvalue weighted by Gasteiger charge is -2.07. The Morgan fingerprint density at radius 2 is 2.07 bits per heavy atom. The zero-order chi connectivity index (χ0) is 19.1. The SMILES string of the molecule is CCc1ccc2c(c1)=C(c1sc(Nc3cccc(Cl)c3C)nc1O)C(=O)N=2. The quantitative estimate of drug-likeness (QED) is 0.706. The van der Waals surface area contributed by atoms with E-state index < -0.39 is 0 Å². The van der Waals surface area contributed by atoms with Crippen LogP contribution in [0, 0.1) is 6.92 Å². The van der Waals surface area contributed by atoms with Gasteiger partial charge in [0.1, 0.15) is 4.88 Å². The zero-order valence-corrected chi connectivity index (χ0v) is 16.3. The van der Waals surface area contributed by atoms with Crippen LogP contribution >= 0.6 is 22.9 Å². The van der Waals surface area contributed by atoms with Gasteiger partial charge in [-0.3, -0.25) is 4.79 Å². The van der Waals surface area contributed by atoms with Crippen LogP contribution in [0.4, 0.5) is 10.8 Å². The molecular formula is C20H16ClN3O2S. The van der Waals surface area contributed by atoms with E-state index in [9.17, 15) is 9.90 Å². The number of benzene rings is 2. The molecule has 0 atom stereocenters. The summed E-state index contributed by atoms with van der Waals surface area (Å²) in [4.78, 5) is 21.2. The number of nitrogens with zero attached hydrogens (tertiary/aromatic N) is 2. The average Bonchev–Trinajstić information content (AvgIpc) is 3.16. The molecule has 2 N–H and O–H groups in total. The van der Waals surface area contributed by atoms with E-state index in [2.05, 4.69) is 22.2 Å². The van der Waals surface area contributed by atoms with Gasteiger partial charge in [0.05, 0.1) is 10.9 Å². The van der Waals surface area contributed by atoms with Crippen molar-refractivity contribution in [2.24, 2.45) is 4.99 Å². The minimum absolute atomic E-state index is 0.185. The van der Waals surface area contributed by atoms with Crippen LogP contribution in [-0.2, 0) is 11.2 Å². The first-order valence-electron chi connectivity index (χ1n) is 8.46. The van der Waals surface area contributed by atoms with E-state index >= 15 is 0 Å². The summed E-state index contributed by atoms with van der Waals surface area (Å²) in [7, 11) is 0. The van der Waals surface area contributed by atoms with Gasteiger partial charge in [0.25, 0.3) is 5.91 Å². The number of halogens is 1. The Morgan fingerprint density at radius 1 is 1.26 bits per heavy atom. The van der Waals surface area contributed by atoms with Crippen molar-refractivity contribution in [1.29, 1.82) is 0 Å². The molecule has 3 aromatic rings. The van der Waals surface area contributed by atoms with E-state index in [4.69, 9.17) is 11.6 Å². The lowest BCUT2D eigenvalue weighted by atomic mass is 10.1. The van der Waals surface area contributed by atoms with Crippen LogP contribution in [0.5, 0.6) is 5.88 Å². The number of thiazole rings is 1. The Bertz CT molecular complexity index is 1200. The third-order valence-electron chi connectivity index (χ3n) is 4.52. The number of nitrogens with one attached hydrogen (secondary N) is 1. The molecule has 2 heterocycles. The average molecular weight is 398 g/mol. The molecule has 0 fully saturated rings. The Kier molecular flexibility index (Phi) is 4.45. The third kappa shape index (κ3) is 3.11. The van der Waals surface area contributed by atoms with Gasteiger partial charge >= 0.3 is 0 Å². The molecule has 0 spiro atoms. The lowest BCUT2D eigenvalue weighted by molar-refractivity contribution is -0.112. The summed E-state index contributed by atoms with van der Waals surface area (Å²) < 4.78 is 0. The summed E-state index contributed by atoms with van der Waals surface area (Å²) in [5, 5.41) is 16.0. The van der Waals surface area contributed by atoms with E-state index in [1.807, 2.05) is 43.3 Å². The van der Waals surface area contributed by atoms with Crippen molar-refractivity contribution in [3.63, 3.8) is 0 Å². The number of aryl methyl sites for hydroxylation is 1. The summed E-state index contributed by atoms with van der Waals surface area (Å²) in [6, 6.07) is 11.3. The molecular weight excluding hydrogens is 382 g/mol. The number of aromatic hydroxyl groups is 1. The zero-order valence-electron chi connectivity index (χ0n) is 14.7. The standard InChI is InChI=1S/C20H16ClN3O2S/c1-3-11-7-8-15-12(9-11)16(18(25)22-15)17-19(26)24-20(27-17)23-14-6-4-5-13(21)10(14)2/h4-9,26H,3H2,1-2H3,(H,23,24). The molecule has 0 radical (unpaired) electrons. The molecule has 0 saturated heterocycles. The maximum absolute atomic E-state index is 12.5. The maximum Gasteiger partial charge on any atom is 0.279 e. The predicted octanol–water partition coefficient (Wildman–Crippen LogP) is 3.48. The Hall–Kier alpha value is -2.70. The van der Waals surface area contributed by atoms with Gasteiger partial charge in [-0.2, -0.15) is 4.98 Å². The fourth-order valence-electron chi connectivity index (χ4n) is 2.99. The number of fused-ring (bicyclic) bond motifs is 1. The number of amides is 1. The smallest absolute Gasteiger partial charge is 0.279 e. The van der Waals surface area contributed by atoms with E-state index in [0.717, 1.165) is 28.5 Å². The monoisotopic (exact) mass is 397 g/mol. The minimum Gasteiger partial charge on any atom is -0.492 e. The molecule has 1 aliphatic heterocycles. The Balaban J connectivity index is 1.81. The Labute approximate surface area is 164 Å². The lowest BCUT2D eigenvalue weighted by Crippen LogP contribution is -2.23. The Morgan fingerprint density at radius 3 is 2.85 bits per heavy atom. The molecule has 1 amide bonds. The van der Waals surface area contributed by atoms with Crippen molar-refractivity contribution in [2.75, 3.05) is 5.32 Å². The summed E-state index contributed by atoms with van der Waals surface area (Å²) in [5.41, 5.74) is 3.18. The second-order valence-corrected chi connectivity index (χ2v) is 7.61. The minimum atomic E-state index is -0.359. The van der Waals surface area contributed by atoms with Gasteiger partial charge in [-0.15, -0.1) is 0 Å². The molecule has 27 heavy (non-hydrogen) atoms. The normalized spacial score (nSPS) is 12.9. The molecule has 0 aliphatic carbocycles. The number of aromatic nitrogens is 1. The largest absolute Gasteiger partial charge is 0.492 e. The van der Waals surface area contributed by atoms with Crippen LogP contribution in [0.2, 0.25) is 5.02 Å². The van der Waals surface area contributed by atoms with Crippen LogP contribution in [0.3, 0.4) is 0 Å². The van der Waals surface area contributed by atoms with Crippen molar-refractivity contribution < 1.29 is 9.90 Å². The van der Waals surface area contributed by atoms with Crippen molar-refractivity contribution in [3.8, 4) is 5.88 Å². The first-order valence-corrected chi connectivity index (χ1v) is 9.66. The van der Waals surface area contributed by atoms with Gasteiger partial charge in [-0.05, 0) is 48.7 Å². The summed E-state index contributed by atoms with van der Waals surface area (Å²) in [6.45, 7) is 3.95. The second-order valence-electron chi connectivity index (χ2n) is 6.21. The van der Waals surface area contributed by atoms with Gasteiger partial charge in [0.15, 0.2) is 5.13 Å². The highest BCUT2D eigenvalue weighted by molar-refractivity contribution is 7.17. The molecule has 4 rings (SSSR count). The van der Waals surface area contributed by atoms with E-state index in [-0.39, 0.29) is 11.8 Å². The fourth-order valence-corrected chi connectivity index (χ4v) is 4.08. The highest BCUT2D eigenvalue weighted by Crippen LogP contribution is 2.36. The molecule has 1 aliphatic rings. The van der Waals surface area contributed by atoms with Crippen molar-refractivity contribution in [1.82, 2.24) is 4.98 Å². The number of anilines is 2. The summed E-state index contributed by atoms with van der Waals surface area (Å²) in [6.07, 6.45) is 0.851. The number of carbonyl (C=O) groups excluding carboxylic acids is 1. The van der Waals surface area contributed by atoms with Crippen LogP contribution in [0.25, 0.3) is 5.57 Å². The summed E-state index contributed by atoms with van der Waals surface area (Å²) >= 11 is 7.37. The van der Waals surface area contributed by atoms with Gasteiger partial charge in [0, 0.05) is 15.9 Å². The topological polar surface area (TPSA) is 74.6 Å². The van der Waals surface area contributed by atoms with Gasteiger partial charge in [-0.25, -0.2) is 4.99 Å². The summed E-state index contributed by atoms with van der Waals surface area (Å²) in [5.74, 6) is -0.543. The highest BCUT2D eigenvalue weighted by Gasteiger charge is 2.25. The molecule has 2 aromatic carbocycles. The number of hydrogen-bond donors (Lipinski definition) is 2. The highest BCUT2D eigenvalue weighted by atomic mass is 35.5. The van der Waals surface area contributed by atoms with Crippen LogP contribution in [0.1, 0.15) is 22.9 Å². The third-order valence-corrected chi connectivity index (χ3v) is 5.91. The van der Waals surface area contributed by atoms with Crippen LogP contribution < -0.4 is 15.9 Å². The van der Waals surface area contributed by atoms with Gasteiger partial charge < -0.3 is 10.4 Å². The van der Waals surface area contributed by atoms with Crippen molar-refractivity contribution in [2.45, 2.75) is 20.3 Å². The molecule has 0 bridgehead atoms. The first-order chi connectivity index (χ1) is 13.0. The maximum atomic E-state index is 12.5. The number of rotatable bonds is 4. The molecule has 7 heteroatoms.